The van der Waals surface area contributed by atoms with Crippen LogP contribution in [0, 0.1) is 0 Å². The Hall–Kier alpha value is -1.95. The summed E-state index contributed by atoms with van der Waals surface area (Å²) in [4.78, 5) is 23.0. The summed E-state index contributed by atoms with van der Waals surface area (Å²) >= 11 is 3.42. The molecule has 1 N–H and O–H groups in total. The number of carbonyl (C=O) groups excluding carboxylic acids is 2. The second-order valence-corrected chi connectivity index (χ2v) is 5.57. The molecule has 1 atom stereocenters. The lowest BCUT2D eigenvalue weighted by Crippen LogP contribution is -2.41. The Morgan fingerprint density at radius 3 is 2.73 bits per heavy atom. The number of hydrogen-bond donors (Lipinski definition) is 1. The molecule has 6 heteroatoms. The average Bonchev–Trinajstić information content (AvgIpc) is 2.99. The number of carbonyl (C=O) groups is 2. The second kappa shape index (κ2) is 7.35. The van der Waals surface area contributed by atoms with Gasteiger partial charge in [-0.3, -0.25) is 19.6 Å². The number of nitrogens with zero attached hydrogens (tertiary/aromatic N) is 2. The Morgan fingerprint density at radius 1 is 1.27 bits per heavy atom. The highest BCUT2D eigenvalue weighted by Gasteiger charge is 2.28. The Labute approximate surface area is 137 Å². The van der Waals surface area contributed by atoms with E-state index in [1.165, 1.54) is 0 Å². The third kappa shape index (κ3) is 3.62. The first kappa shape index (κ1) is 16.4. The van der Waals surface area contributed by atoms with Gasteiger partial charge in [-0.1, -0.05) is 41.9 Å². The molecule has 5 nitrogen and oxygen atoms in total. The van der Waals surface area contributed by atoms with Crippen molar-refractivity contribution in [3.8, 4) is 11.3 Å². The summed E-state index contributed by atoms with van der Waals surface area (Å²) < 4.78 is 2.60. The highest BCUT2D eigenvalue weighted by molar-refractivity contribution is 9.10. The Balaban J connectivity index is 0.000000847. The van der Waals surface area contributed by atoms with Crippen LogP contribution in [-0.2, 0) is 9.59 Å². The van der Waals surface area contributed by atoms with E-state index in [1.807, 2.05) is 44.2 Å². The minimum Gasteiger partial charge on any atom is -0.295 e. The molecule has 1 aromatic heterocycles. The van der Waals surface area contributed by atoms with E-state index in [0.29, 0.717) is 12.8 Å². The summed E-state index contributed by atoms with van der Waals surface area (Å²) in [6, 6.07) is 9.27. The summed E-state index contributed by atoms with van der Waals surface area (Å²) in [6.07, 6.45) is 2.61. The molecule has 0 radical (unpaired) electrons. The number of rotatable bonds is 2. The molecule has 1 aliphatic rings. The van der Waals surface area contributed by atoms with Crippen molar-refractivity contribution in [1.82, 2.24) is 15.1 Å². The largest absolute Gasteiger partial charge is 0.295 e. The monoisotopic (exact) mass is 363 g/mol. The topological polar surface area (TPSA) is 64.0 Å². The number of hydrogen-bond acceptors (Lipinski definition) is 3. The van der Waals surface area contributed by atoms with E-state index in [1.54, 1.807) is 10.9 Å². The van der Waals surface area contributed by atoms with Gasteiger partial charge in [-0.2, -0.15) is 5.10 Å². The lowest BCUT2D eigenvalue weighted by Gasteiger charge is -2.20. The fourth-order valence-electron chi connectivity index (χ4n) is 2.25. The number of piperidine rings is 1. The fourth-order valence-corrected chi connectivity index (χ4v) is 2.65. The van der Waals surface area contributed by atoms with Gasteiger partial charge in [-0.05, 0) is 24.6 Å². The average molecular weight is 364 g/mol. The van der Waals surface area contributed by atoms with Gasteiger partial charge in [0.05, 0.1) is 5.69 Å². The van der Waals surface area contributed by atoms with Crippen LogP contribution in [0.3, 0.4) is 0 Å². The Bertz CT molecular complexity index is 682. The second-order valence-electron chi connectivity index (χ2n) is 4.66. The van der Waals surface area contributed by atoms with Gasteiger partial charge in [-0.15, -0.1) is 0 Å². The lowest BCUT2D eigenvalue weighted by atomic mass is 10.1. The molecule has 1 unspecified atom stereocenters. The van der Waals surface area contributed by atoms with Crippen LogP contribution in [0.15, 0.2) is 41.0 Å². The summed E-state index contributed by atoms with van der Waals surface area (Å²) in [5, 5.41) is 6.78. The first-order chi connectivity index (χ1) is 10.6. The van der Waals surface area contributed by atoms with E-state index >= 15 is 0 Å². The van der Waals surface area contributed by atoms with Crippen LogP contribution in [0.4, 0.5) is 0 Å². The number of halogens is 1. The Kier molecular flexibility index (Phi) is 5.49. The van der Waals surface area contributed by atoms with E-state index in [9.17, 15) is 9.59 Å². The molecule has 1 aliphatic heterocycles. The molecule has 2 aromatic rings. The molecule has 1 saturated heterocycles. The highest BCUT2D eigenvalue weighted by atomic mass is 79.9. The quantitative estimate of drug-likeness (QED) is 0.832. The SMILES string of the molecule is CC.O=C1CCC(n2ccc(-c3cccc(Br)c3)n2)C(=O)N1. The molecule has 2 heterocycles. The van der Waals surface area contributed by atoms with E-state index in [4.69, 9.17) is 0 Å². The van der Waals surface area contributed by atoms with Gasteiger partial charge < -0.3 is 0 Å². The zero-order chi connectivity index (χ0) is 16.1. The van der Waals surface area contributed by atoms with Crippen LogP contribution in [0.25, 0.3) is 11.3 Å². The first-order valence-electron chi connectivity index (χ1n) is 7.28. The zero-order valence-corrected chi connectivity index (χ0v) is 14.1. The van der Waals surface area contributed by atoms with Crippen molar-refractivity contribution >= 4 is 27.7 Å². The predicted molar refractivity (Wildman–Crippen MR) is 88.1 cm³/mol. The summed E-state index contributed by atoms with van der Waals surface area (Å²) in [7, 11) is 0. The van der Waals surface area contributed by atoms with Crippen molar-refractivity contribution < 1.29 is 9.59 Å². The number of imide groups is 1. The van der Waals surface area contributed by atoms with Crippen LogP contribution in [0.5, 0.6) is 0 Å². The molecule has 0 saturated carbocycles. The van der Waals surface area contributed by atoms with Crippen LogP contribution in [0.2, 0.25) is 0 Å². The third-order valence-electron chi connectivity index (χ3n) is 3.26. The molecule has 22 heavy (non-hydrogen) atoms. The van der Waals surface area contributed by atoms with Crippen molar-refractivity contribution in [1.29, 1.82) is 0 Å². The smallest absolute Gasteiger partial charge is 0.251 e. The predicted octanol–water partition coefficient (Wildman–Crippen LogP) is 3.32. The van der Waals surface area contributed by atoms with Crippen molar-refractivity contribution in [3.63, 3.8) is 0 Å². The molecular weight excluding hydrogens is 346 g/mol. The highest BCUT2D eigenvalue weighted by Crippen LogP contribution is 2.24. The minimum atomic E-state index is -0.409. The molecule has 1 fully saturated rings. The van der Waals surface area contributed by atoms with Gasteiger partial charge in [-0.25, -0.2) is 0 Å². The van der Waals surface area contributed by atoms with Crippen molar-refractivity contribution in [2.45, 2.75) is 32.7 Å². The van der Waals surface area contributed by atoms with Crippen molar-refractivity contribution in [2.24, 2.45) is 0 Å². The fraction of sp³-hybridized carbons (Fsp3) is 0.312. The van der Waals surface area contributed by atoms with Gasteiger partial charge in [0.1, 0.15) is 6.04 Å². The summed E-state index contributed by atoms with van der Waals surface area (Å²) in [6.45, 7) is 4.00. The number of nitrogens with one attached hydrogen (secondary N) is 1. The van der Waals surface area contributed by atoms with E-state index in [-0.39, 0.29) is 11.8 Å². The first-order valence-corrected chi connectivity index (χ1v) is 8.07. The maximum absolute atomic E-state index is 11.8. The van der Waals surface area contributed by atoms with E-state index in [0.717, 1.165) is 15.7 Å². The lowest BCUT2D eigenvalue weighted by molar-refractivity contribution is -0.135. The number of aromatic nitrogens is 2. The molecule has 116 valence electrons. The van der Waals surface area contributed by atoms with Gasteiger partial charge in [0, 0.05) is 22.7 Å². The minimum absolute atomic E-state index is 0.217. The van der Waals surface area contributed by atoms with E-state index in [2.05, 4.69) is 26.3 Å². The van der Waals surface area contributed by atoms with Gasteiger partial charge in [0.15, 0.2) is 0 Å². The van der Waals surface area contributed by atoms with Gasteiger partial charge in [0.2, 0.25) is 5.91 Å². The maximum atomic E-state index is 11.8. The zero-order valence-electron chi connectivity index (χ0n) is 12.5. The van der Waals surface area contributed by atoms with Crippen molar-refractivity contribution in [2.75, 3.05) is 0 Å². The summed E-state index contributed by atoms with van der Waals surface area (Å²) in [5.74, 6) is -0.504. The van der Waals surface area contributed by atoms with Crippen LogP contribution in [-0.4, -0.2) is 21.6 Å². The Morgan fingerprint density at radius 2 is 2.05 bits per heavy atom. The third-order valence-corrected chi connectivity index (χ3v) is 3.75. The number of amides is 2. The molecule has 0 aliphatic carbocycles. The molecule has 3 rings (SSSR count). The molecule has 0 bridgehead atoms. The molecule has 2 amide bonds. The molecule has 1 aromatic carbocycles. The molecular formula is C16H18BrN3O2. The molecule has 0 spiro atoms. The number of benzene rings is 1. The normalized spacial score (nSPS) is 17.5. The van der Waals surface area contributed by atoms with Crippen molar-refractivity contribution in [3.05, 3.63) is 41.0 Å². The maximum Gasteiger partial charge on any atom is 0.251 e. The van der Waals surface area contributed by atoms with Crippen LogP contribution >= 0.6 is 15.9 Å². The standard InChI is InChI=1S/C14H12BrN3O2.C2H6/c15-10-3-1-2-9(8-10)11-6-7-18(17-11)12-4-5-13(19)16-14(12)20;1-2/h1-3,6-8,12H,4-5H2,(H,16,19,20);1-2H3. The van der Waals surface area contributed by atoms with E-state index < -0.39 is 6.04 Å². The summed E-state index contributed by atoms with van der Waals surface area (Å²) in [5.41, 5.74) is 1.78. The van der Waals surface area contributed by atoms with Gasteiger partial charge >= 0.3 is 0 Å². The van der Waals surface area contributed by atoms with Gasteiger partial charge in [0.25, 0.3) is 5.91 Å². The van der Waals surface area contributed by atoms with Crippen LogP contribution in [0.1, 0.15) is 32.7 Å². The van der Waals surface area contributed by atoms with Crippen LogP contribution < -0.4 is 5.32 Å².